The molecular weight excluding hydrogens is 273 g/mol. The molecule has 4 nitrogen and oxygen atoms in total. The highest BCUT2D eigenvalue weighted by Crippen LogP contribution is 2.41. The molecule has 116 valence electrons. The highest BCUT2D eigenvalue weighted by molar-refractivity contribution is 5.68. The second-order valence-corrected chi connectivity index (χ2v) is 6.45. The molecule has 2 rings (SSSR count). The van der Waals surface area contributed by atoms with Crippen LogP contribution in [0, 0.1) is 0 Å². The van der Waals surface area contributed by atoms with Crippen LogP contribution in [0.1, 0.15) is 39.2 Å². The number of rotatable bonds is 1. The van der Waals surface area contributed by atoms with E-state index in [0.717, 1.165) is 0 Å². The lowest BCUT2D eigenvalue weighted by molar-refractivity contribution is 0.00182. The van der Waals surface area contributed by atoms with Crippen molar-refractivity contribution in [3.05, 3.63) is 29.8 Å². The quantitative estimate of drug-likeness (QED) is 0.861. The van der Waals surface area contributed by atoms with Gasteiger partial charge in [0, 0.05) is 31.5 Å². The van der Waals surface area contributed by atoms with Gasteiger partial charge in [0.25, 0.3) is 0 Å². The summed E-state index contributed by atoms with van der Waals surface area (Å²) >= 11 is 0. The van der Waals surface area contributed by atoms with Crippen molar-refractivity contribution in [2.75, 3.05) is 13.1 Å². The zero-order chi connectivity index (χ0) is 15.7. The van der Waals surface area contributed by atoms with E-state index in [0.29, 0.717) is 5.56 Å². The zero-order valence-corrected chi connectivity index (χ0v) is 12.7. The first-order valence-corrected chi connectivity index (χ1v) is 7.17. The van der Waals surface area contributed by atoms with Crippen LogP contribution < -0.4 is 0 Å². The lowest BCUT2D eigenvalue weighted by Gasteiger charge is -2.37. The molecule has 1 fully saturated rings. The zero-order valence-electron chi connectivity index (χ0n) is 12.7. The Labute approximate surface area is 124 Å². The van der Waals surface area contributed by atoms with E-state index in [9.17, 15) is 9.90 Å². The SMILES string of the molecule is CC(C)(C)OC(=O)N1CCC(F)(c2ccccc2O)CC1. The Morgan fingerprint density at radius 1 is 1.29 bits per heavy atom. The van der Waals surface area contributed by atoms with E-state index in [2.05, 4.69) is 0 Å². The lowest BCUT2D eigenvalue weighted by Crippen LogP contribution is -2.45. The van der Waals surface area contributed by atoms with Gasteiger partial charge in [0.2, 0.25) is 0 Å². The molecule has 0 atom stereocenters. The highest BCUT2D eigenvalue weighted by Gasteiger charge is 2.40. The average Bonchev–Trinajstić information content (AvgIpc) is 2.37. The largest absolute Gasteiger partial charge is 0.508 e. The fraction of sp³-hybridized carbons (Fsp3) is 0.562. The Hall–Kier alpha value is -1.78. The topological polar surface area (TPSA) is 49.8 Å². The van der Waals surface area contributed by atoms with Crippen LogP contribution in [0.15, 0.2) is 24.3 Å². The van der Waals surface area contributed by atoms with Crippen molar-refractivity contribution in [2.24, 2.45) is 0 Å². The molecule has 1 saturated heterocycles. The number of amides is 1. The molecule has 5 heteroatoms. The summed E-state index contributed by atoms with van der Waals surface area (Å²) in [5.74, 6) is -0.0364. The number of phenols is 1. The second kappa shape index (κ2) is 5.54. The number of aromatic hydroxyl groups is 1. The summed E-state index contributed by atoms with van der Waals surface area (Å²) in [5.41, 5.74) is -1.85. The number of nitrogens with zero attached hydrogens (tertiary/aromatic N) is 1. The number of halogens is 1. The first kappa shape index (κ1) is 15.6. The van der Waals surface area contributed by atoms with Gasteiger partial charge in [-0.2, -0.15) is 0 Å². The maximum absolute atomic E-state index is 15.0. The van der Waals surface area contributed by atoms with E-state index < -0.39 is 17.4 Å². The molecule has 0 saturated carbocycles. The van der Waals surface area contributed by atoms with Crippen LogP contribution in [0.5, 0.6) is 5.75 Å². The molecule has 0 spiro atoms. The Morgan fingerprint density at radius 3 is 2.38 bits per heavy atom. The number of likely N-dealkylation sites (tertiary alicyclic amines) is 1. The van der Waals surface area contributed by atoms with Gasteiger partial charge in [0.05, 0.1) is 0 Å². The maximum atomic E-state index is 15.0. The monoisotopic (exact) mass is 295 g/mol. The minimum atomic E-state index is -1.59. The van der Waals surface area contributed by atoms with Gasteiger partial charge in [-0.1, -0.05) is 18.2 Å². The minimum absolute atomic E-state index is 0.0364. The van der Waals surface area contributed by atoms with Crippen molar-refractivity contribution in [3.63, 3.8) is 0 Å². The molecule has 21 heavy (non-hydrogen) atoms. The van der Waals surface area contributed by atoms with Crippen LogP contribution in [0.3, 0.4) is 0 Å². The average molecular weight is 295 g/mol. The predicted molar refractivity (Wildman–Crippen MR) is 77.9 cm³/mol. The van der Waals surface area contributed by atoms with Gasteiger partial charge in [-0.3, -0.25) is 0 Å². The van der Waals surface area contributed by atoms with Crippen LogP contribution in [0.2, 0.25) is 0 Å². The van der Waals surface area contributed by atoms with Crippen LogP contribution >= 0.6 is 0 Å². The highest BCUT2D eigenvalue weighted by atomic mass is 19.1. The molecule has 0 radical (unpaired) electrons. The molecule has 1 aromatic carbocycles. The molecule has 1 aromatic rings. The maximum Gasteiger partial charge on any atom is 0.410 e. The smallest absolute Gasteiger partial charge is 0.410 e. The summed E-state index contributed by atoms with van der Waals surface area (Å²) in [4.78, 5) is 13.5. The number of carbonyl (C=O) groups excluding carboxylic acids is 1. The Balaban J connectivity index is 2.03. The number of alkyl halides is 1. The van der Waals surface area contributed by atoms with Crippen molar-refractivity contribution in [3.8, 4) is 5.75 Å². The van der Waals surface area contributed by atoms with Crippen LogP contribution in [-0.2, 0) is 10.4 Å². The van der Waals surface area contributed by atoms with Gasteiger partial charge in [0.1, 0.15) is 17.0 Å². The summed E-state index contributed by atoms with van der Waals surface area (Å²) in [6.07, 6.45) is -0.102. The molecule has 1 N–H and O–H groups in total. The Kier molecular flexibility index (Phi) is 4.12. The number of piperidine rings is 1. The number of benzene rings is 1. The second-order valence-electron chi connectivity index (χ2n) is 6.45. The third-order valence-electron chi connectivity index (χ3n) is 3.59. The molecule has 1 aliphatic rings. The summed E-state index contributed by atoms with van der Waals surface area (Å²) in [6, 6.07) is 6.45. The van der Waals surface area contributed by atoms with Crippen molar-refractivity contribution in [1.82, 2.24) is 4.90 Å². The molecule has 1 aliphatic heterocycles. The molecule has 1 amide bonds. The molecule has 0 aliphatic carbocycles. The summed E-state index contributed by atoms with van der Waals surface area (Å²) in [5, 5.41) is 9.81. The van der Waals surface area contributed by atoms with Crippen LogP contribution in [-0.4, -0.2) is 34.8 Å². The van der Waals surface area contributed by atoms with Gasteiger partial charge in [-0.15, -0.1) is 0 Å². The Morgan fingerprint density at radius 2 is 1.86 bits per heavy atom. The van der Waals surface area contributed by atoms with Gasteiger partial charge >= 0.3 is 6.09 Å². The normalized spacial score (nSPS) is 18.4. The number of phenolic OH excluding ortho intramolecular Hbond substituents is 1. The fourth-order valence-electron chi connectivity index (χ4n) is 2.49. The van der Waals surface area contributed by atoms with Crippen molar-refractivity contribution >= 4 is 6.09 Å². The molecule has 0 bridgehead atoms. The van der Waals surface area contributed by atoms with Gasteiger partial charge < -0.3 is 14.7 Å². The van der Waals surface area contributed by atoms with E-state index in [1.165, 1.54) is 11.0 Å². The standard InChI is InChI=1S/C16H22FNO3/c1-15(2,3)21-14(20)18-10-8-16(17,9-11-18)12-6-4-5-7-13(12)19/h4-7,19H,8-11H2,1-3H3. The predicted octanol–water partition coefficient (Wildman–Crippen LogP) is 3.59. The molecule has 1 heterocycles. The summed E-state index contributed by atoms with van der Waals surface area (Å²) < 4.78 is 20.3. The molecule has 0 aromatic heterocycles. The number of carbonyl (C=O) groups is 1. The fourth-order valence-corrected chi connectivity index (χ4v) is 2.49. The third-order valence-corrected chi connectivity index (χ3v) is 3.59. The lowest BCUT2D eigenvalue weighted by atomic mass is 9.86. The number of para-hydroxylation sites is 1. The first-order valence-electron chi connectivity index (χ1n) is 7.17. The van der Waals surface area contributed by atoms with Crippen molar-refractivity contribution < 1.29 is 19.0 Å². The molecule has 0 unspecified atom stereocenters. The van der Waals surface area contributed by atoms with Crippen molar-refractivity contribution in [1.29, 1.82) is 0 Å². The summed E-state index contributed by atoms with van der Waals surface area (Å²) in [6.45, 7) is 5.96. The van der Waals surface area contributed by atoms with Crippen LogP contribution in [0.4, 0.5) is 9.18 Å². The van der Waals surface area contributed by atoms with E-state index in [1.807, 2.05) is 0 Å². The van der Waals surface area contributed by atoms with Crippen LogP contribution in [0.25, 0.3) is 0 Å². The number of hydrogen-bond donors (Lipinski definition) is 1. The van der Waals surface area contributed by atoms with Gasteiger partial charge in [0.15, 0.2) is 0 Å². The van der Waals surface area contributed by atoms with Crippen molar-refractivity contribution in [2.45, 2.75) is 44.9 Å². The minimum Gasteiger partial charge on any atom is -0.508 e. The van der Waals surface area contributed by atoms with E-state index in [4.69, 9.17) is 4.74 Å². The summed E-state index contributed by atoms with van der Waals surface area (Å²) in [7, 11) is 0. The van der Waals surface area contributed by atoms with Gasteiger partial charge in [-0.05, 0) is 26.8 Å². The Bertz CT molecular complexity index is 516. The van der Waals surface area contributed by atoms with Gasteiger partial charge in [-0.25, -0.2) is 9.18 Å². The number of hydrogen-bond acceptors (Lipinski definition) is 3. The van der Waals surface area contributed by atoms with E-state index in [-0.39, 0.29) is 31.7 Å². The third kappa shape index (κ3) is 3.65. The first-order chi connectivity index (χ1) is 9.71. The van der Waals surface area contributed by atoms with E-state index >= 15 is 4.39 Å². The number of ether oxygens (including phenoxy) is 1. The van der Waals surface area contributed by atoms with E-state index in [1.54, 1.807) is 39.0 Å². The molecular formula is C16H22FNO3.